The Hall–Kier alpha value is -1.80. The third-order valence-corrected chi connectivity index (χ3v) is 4.05. The maximum Gasteiger partial charge on any atom is 0.240 e. The number of benzene rings is 1. The van der Waals surface area contributed by atoms with E-state index in [2.05, 4.69) is 5.32 Å². The second-order valence-electron chi connectivity index (χ2n) is 4.95. The van der Waals surface area contributed by atoms with Crippen molar-refractivity contribution in [2.45, 2.75) is 13.3 Å². The van der Waals surface area contributed by atoms with Crippen molar-refractivity contribution in [1.29, 1.82) is 0 Å². The highest BCUT2D eigenvalue weighted by Gasteiger charge is 2.20. The fourth-order valence-electron chi connectivity index (χ4n) is 1.81. The van der Waals surface area contributed by atoms with Gasteiger partial charge in [-0.15, -0.1) is 0 Å². The number of rotatable bonds is 10. The van der Waals surface area contributed by atoms with Gasteiger partial charge in [-0.25, -0.2) is 8.42 Å². The number of carbonyl (C=O) groups excluding carboxylic acids is 1. The number of nitrogens with one attached hydrogen (secondary N) is 1. The summed E-state index contributed by atoms with van der Waals surface area (Å²) < 4.78 is 35.2. The molecule has 0 heterocycles. The maximum atomic E-state index is 11.9. The summed E-state index contributed by atoms with van der Waals surface area (Å²) in [5, 5.41) is 2.60. The third kappa shape index (κ3) is 6.87. The van der Waals surface area contributed by atoms with Gasteiger partial charge in [-0.3, -0.25) is 9.10 Å². The lowest BCUT2D eigenvalue weighted by molar-refractivity contribution is -0.119. The van der Waals surface area contributed by atoms with Crippen molar-refractivity contribution in [3.05, 3.63) is 24.3 Å². The molecule has 0 radical (unpaired) electrons. The van der Waals surface area contributed by atoms with Crippen LogP contribution in [0.4, 0.5) is 5.69 Å². The molecule has 0 spiro atoms. The molecule has 0 aliphatic carbocycles. The van der Waals surface area contributed by atoms with Gasteiger partial charge in [-0.1, -0.05) is 6.92 Å². The molecule has 0 aliphatic heterocycles. The van der Waals surface area contributed by atoms with E-state index in [1.165, 1.54) is 7.11 Å². The molecular weight excluding hydrogens is 320 g/mol. The number of amides is 1. The van der Waals surface area contributed by atoms with E-state index in [1.807, 2.05) is 6.92 Å². The van der Waals surface area contributed by atoms with E-state index in [1.54, 1.807) is 24.3 Å². The van der Waals surface area contributed by atoms with Crippen molar-refractivity contribution in [3.8, 4) is 5.75 Å². The summed E-state index contributed by atoms with van der Waals surface area (Å²) >= 11 is 0. The van der Waals surface area contributed by atoms with Crippen molar-refractivity contribution in [2.75, 3.05) is 44.0 Å². The van der Waals surface area contributed by atoms with E-state index in [9.17, 15) is 13.2 Å². The summed E-state index contributed by atoms with van der Waals surface area (Å²) in [4.78, 5) is 11.9. The lowest BCUT2D eigenvalue weighted by atomic mass is 10.3. The molecule has 7 nitrogen and oxygen atoms in total. The highest BCUT2D eigenvalue weighted by molar-refractivity contribution is 7.92. The summed E-state index contributed by atoms with van der Waals surface area (Å²) in [6.07, 6.45) is 1.95. The lowest BCUT2D eigenvalue weighted by Gasteiger charge is -2.22. The quantitative estimate of drug-likeness (QED) is 0.640. The van der Waals surface area contributed by atoms with Crippen LogP contribution in [0, 0.1) is 0 Å². The molecule has 1 amide bonds. The Morgan fingerprint density at radius 1 is 1.22 bits per heavy atom. The monoisotopic (exact) mass is 344 g/mol. The molecule has 130 valence electrons. The first-order chi connectivity index (χ1) is 10.9. The Morgan fingerprint density at radius 2 is 1.87 bits per heavy atom. The third-order valence-electron chi connectivity index (χ3n) is 2.91. The Morgan fingerprint density at radius 3 is 2.39 bits per heavy atom. The van der Waals surface area contributed by atoms with Crippen LogP contribution in [0.15, 0.2) is 24.3 Å². The van der Waals surface area contributed by atoms with E-state index >= 15 is 0 Å². The number of hydrogen-bond donors (Lipinski definition) is 1. The lowest BCUT2D eigenvalue weighted by Crippen LogP contribution is -2.41. The van der Waals surface area contributed by atoms with E-state index in [4.69, 9.17) is 9.47 Å². The topological polar surface area (TPSA) is 84.9 Å². The molecule has 0 bridgehead atoms. The molecule has 0 atom stereocenters. The Labute approximate surface area is 137 Å². The summed E-state index contributed by atoms with van der Waals surface area (Å²) in [6, 6.07) is 6.61. The number of hydrogen-bond acceptors (Lipinski definition) is 5. The first-order valence-corrected chi connectivity index (χ1v) is 9.19. The summed E-state index contributed by atoms with van der Waals surface area (Å²) in [5.74, 6) is 0.271. The van der Waals surface area contributed by atoms with Crippen LogP contribution >= 0.6 is 0 Å². The zero-order valence-corrected chi connectivity index (χ0v) is 14.6. The fraction of sp³-hybridized carbons (Fsp3) is 0.533. The number of ether oxygens (including phenoxy) is 2. The standard InChI is InChI=1S/C15H24N2O5S/c1-4-10-22-14-7-5-13(6-8-14)17(23(3,19)20)12-15(18)16-9-11-21-2/h5-8H,4,9-12H2,1-3H3,(H,16,18). The molecule has 0 aromatic heterocycles. The van der Waals surface area contributed by atoms with Crippen LogP contribution in [0.25, 0.3) is 0 Å². The number of sulfonamides is 1. The number of nitrogens with zero attached hydrogens (tertiary/aromatic N) is 1. The van der Waals surface area contributed by atoms with E-state index in [0.29, 0.717) is 31.2 Å². The van der Waals surface area contributed by atoms with Gasteiger partial charge in [0, 0.05) is 13.7 Å². The zero-order valence-electron chi connectivity index (χ0n) is 13.7. The van der Waals surface area contributed by atoms with Crippen molar-refractivity contribution in [3.63, 3.8) is 0 Å². The molecule has 0 saturated heterocycles. The number of carbonyl (C=O) groups is 1. The second kappa shape index (κ2) is 9.36. The molecule has 0 unspecified atom stereocenters. The Balaban J connectivity index is 2.80. The molecule has 1 rings (SSSR count). The van der Waals surface area contributed by atoms with Gasteiger partial charge in [-0.05, 0) is 30.7 Å². The first kappa shape index (κ1) is 19.2. The van der Waals surface area contributed by atoms with E-state index in [0.717, 1.165) is 17.0 Å². The van der Waals surface area contributed by atoms with Gasteiger partial charge >= 0.3 is 0 Å². The minimum Gasteiger partial charge on any atom is -0.494 e. The highest BCUT2D eigenvalue weighted by Crippen LogP contribution is 2.21. The normalized spacial score (nSPS) is 11.1. The van der Waals surface area contributed by atoms with Crippen molar-refractivity contribution in [2.24, 2.45) is 0 Å². The Bertz CT molecular complexity index is 586. The van der Waals surface area contributed by atoms with Crippen LogP contribution in [0.5, 0.6) is 5.75 Å². The molecule has 1 N–H and O–H groups in total. The minimum absolute atomic E-state index is 0.280. The van der Waals surface area contributed by atoms with Gasteiger partial charge in [-0.2, -0.15) is 0 Å². The molecular formula is C15H24N2O5S. The average molecular weight is 344 g/mol. The van der Waals surface area contributed by atoms with Crippen LogP contribution in [0.1, 0.15) is 13.3 Å². The zero-order chi connectivity index (χ0) is 17.3. The van der Waals surface area contributed by atoms with Crippen LogP contribution in [-0.4, -0.2) is 54.0 Å². The summed E-state index contributed by atoms with van der Waals surface area (Å²) in [7, 11) is -2.05. The second-order valence-corrected chi connectivity index (χ2v) is 6.86. The maximum absolute atomic E-state index is 11.9. The molecule has 8 heteroatoms. The van der Waals surface area contributed by atoms with Crippen LogP contribution < -0.4 is 14.4 Å². The largest absolute Gasteiger partial charge is 0.494 e. The van der Waals surface area contributed by atoms with Crippen molar-refractivity contribution in [1.82, 2.24) is 5.32 Å². The smallest absolute Gasteiger partial charge is 0.240 e. The van der Waals surface area contributed by atoms with Gasteiger partial charge in [0.15, 0.2) is 0 Å². The van der Waals surface area contributed by atoms with Crippen LogP contribution in [0.2, 0.25) is 0 Å². The van der Waals surface area contributed by atoms with Crippen LogP contribution in [-0.2, 0) is 19.6 Å². The van der Waals surface area contributed by atoms with Gasteiger partial charge < -0.3 is 14.8 Å². The van der Waals surface area contributed by atoms with Crippen molar-refractivity contribution < 1.29 is 22.7 Å². The molecule has 23 heavy (non-hydrogen) atoms. The summed E-state index contributed by atoms with van der Waals surface area (Å²) in [6.45, 7) is 3.02. The fourth-order valence-corrected chi connectivity index (χ4v) is 2.66. The Kier molecular flexibility index (Phi) is 7.84. The summed E-state index contributed by atoms with van der Waals surface area (Å²) in [5.41, 5.74) is 0.415. The minimum atomic E-state index is -3.57. The molecule has 0 aliphatic rings. The van der Waals surface area contributed by atoms with Gasteiger partial charge in [0.05, 0.1) is 25.2 Å². The van der Waals surface area contributed by atoms with Gasteiger partial charge in [0.2, 0.25) is 15.9 Å². The van der Waals surface area contributed by atoms with Gasteiger partial charge in [0.1, 0.15) is 12.3 Å². The predicted octanol–water partition coefficient (Wildman–Crippen LogP) is 1.00. The van der Waals surface area contributed by atoms with Gasteiger partial charge in [0.25, 0.3) is 0 Å². The average Bonchev–Trinajstić information content (AvgIpc) is 2.50. The predicted molar refractivity (Wildman–Crippen MR) is 89.3 cm³/mol. The van der Waals surface area contributed by atoms with E-state index in [-0.39, 0.29) is 6.54 Å². The number of anilines is 1. The SMILES string of the molecule is CCCOc1ccc(N(CC(=O)NCCOC)S(C)(=O)=O)cc1. The van der Waals surface area contributed by atoms with E-state index < -0.39 is 15.9 Å². The number of methoxy groups -OCH3 is 1. The van der Waals surface area contributed by atoms with Crippen molar-refractivity contribution >= 4 is 21.6 Å². The molecule has 0 fully saturated rings. The van der Waals surface area contributed by atoms with Crippen LogP contribution in [0.3, 0.4) is 0 Å². The molecule has 0 saturated carbocycles. The highest BCUT2D eigenvalue weighted by atomic mass is 32.2. The molecule has 1 aromatic rings. The molecule has 1 aromatic carbocycles. The first-order valence-electron chi connectivity index (χ1n) is 7.34.